The van der Waals surface area contributed by atoms with Crippen molar-refractivity contribution in [2.24, 2.45) is 5.73 Å². The fraction of sp³-hybridized carbons (Fsp3) is 0.417. The standard InChI is InChI=1S/C12H16Cl2N2O2/c1-7(15)3-2-4-11(17)16-8-5-9(13)12(18)10(14)6-8/h5-7,18H,2-4,15H2,1H3,(H,16,17). The van der Waals surface area contributed by atoms with Gasteiger partial charge in [-0.25, -0.2) is 0 Å². The lowest BCUT2D eigenvalue weighted by molar-refractivity contribution is -0.116. The Bertz CT molecular complexity index is 413. The Labute approximate surface area is 116 Å². The number of phenols is 1. The number of hydrogen-bond donors (Lipinski definition) is 3. The van der Waals surface area contributed by atoms with Gasteiger partial charge >= 0.3 is 0 Å². The molecular formula is C12H16Cl2N2O2. The summed E-state index contributed by atoms with van der Waals surface area (Å²) in [4.78, 5) is 11.6. The van der Waals surface area contributed by atoms with Crippen LogP contribution in [0.1, 0.15) is 26.2 Å². The van der Waals surface area contributed by atoms with Crippen molar-refractivity contribution in [3.05, 3.63) is 22.2 Å². The van der Waals surface area contributed by atoms with Crippen LogP contribution in [0.4, 0.5) is 5.69 Å². The third kappa shape index (κ3) is 4.72. The first-order valence-corrected chi connectivity index (χ1v) is 6.39. The van der Waals surface area contributed by atoms with Gasteiger partial charge in [0, 0.05) is 18.2 Å². The van der Waals surface area contributed by atoms with Crippen LogP contribution in [0.2, 0.25) is 10.0 Å². The van der Waals surface area contributed by atoms with Gasteiger partial charge in [-0.1, -0.05) is 23.2 Å². The van der Waals surface area contributed by atoms with Crippen molar-refractivity contribution in [1.29, 1.82) is 0 Å². The first kappa shape index (κ1) is 15.1. The highest BCUT2D eigenvalue weighted by Crippen LogP contribution is 2.34. The van der Waals surface area contributed by atoms with E-state index in [9.17, 15) is 9.90 Å². The Morgan fingerprint density at radius 3 is 2.50 bits per heavy atom. The molecule has 0 spiro atoms. The summed E-state index contributed by atoms with van der Waals surface area (Å²) in [6.07, 6.45) is 1.91. The second-order valence-electron chi connectivity index (χ2n) is 4.21. The first-order chi connectivity index (χ1) is 8.40. The summed E-state index contributed by atoms with van der Waals surface area (Å²) >= 11 is 11.5. The molecule has 4 N–H and O–H groups in total. The van der Waals surface area contributed by atoms with Crippen LogP contribution in [0.15, 0.2) is 12.1 Å². The van der Waals surface area contributed by atoms with E-state index in [0.29, 0.717) is 12.1 Å². The molecule has 0 aliphatic heterocycles. The Morgan fingerprint density at radius 2 is 2.00 bits per heavy atom. The molecule has 1 unspecified atom stereocenters. The molecule has 0 aromatic heterocycles. The maximum atomic E-state index is 11.6. The van der Waals surface area contributed by atoms with Crippen LogP contribution < -0.4 is 11.1 Å². The molecule has 0 aliphatic carbocycles. The zero-order valence-electron chi connectivity index (χ0n) is 10.0. The van der Waals surface area contributed by atoms with E-state index in [4.69, 9.17) is 28.9 Å². The summed E-state index contributed by atoms with van der Waals surface area (Å²) in [7, 11) is 0. The molecule has 0 heterocycles. The van der Waals surface area contributed by atoms with Gasteiger partial charge < -0.3 is 16.2 Å². The number of phenolic OH excluding ortho intramolecular Hbond substituents is 1. The number of carbonyl (C=O) groups excluding carboxylic acids is 1. The van der Waals surface area contributed by atoms with Gasteiger partial charge in [0.05, 0.1) is 10.0 Å². The van der Waals surface area contributed by atoms with Gasteiger partial charge in [-0.05, 0) is 31.9 Å². The molecule has 4 nitrogen and oxygen atoms in total. The van der Waals surface area contributed by atoms with E-state index < -0.39 is 0 Å². The fourth-order valence-corrected chi connectivity index (χ4v) is 1.93. The van der Waals surface area contributed by atoms with E-state index in [1.807, 2.05) is 6.92 Å². The molecule has 6 heteroatoms. The van der Waals surface area contributed by atoms with E-state index in [2.05, 4.69) is 5.32 Å². The number of benzene rings is 1. The van der Waals surface area contributed by atoms with Crippen molar-refractivity contribution < 1.29 is 9.90 Å². The number of nitrogens with one attached hydrogen (secondary N) is 1. The van der Waals surface area contributed by atoms with Gasteiger partial charge in [-0.15, -0.1) is 0 Å². The predicted octanol–water partition coefficient (Wildman–Crippen LogP) is 3.16. The Kier molecular flexibility index (Phi) is 5.72. The number of rotatable bonds is 5. The van der Waals surface area contributed by atoms with E-state index in [0.717, 1.165) is 12.8 Å². The number of aromatic hydroxyl groups is 1. The fourth-order valence-electron chi connectivity index (χ4n) is 1.45. The average molecular weight is 291 g/mol. The summed E-state index contributed by atoms with van der Waals surface area (Å²) in [5.41, 5.74) is 6.06. The van der Waals surface area contributed by atoms with Crippen molar-refractivity contribution in [2.75, 3.05) is 5.32 Å². The van der Waals surface area contributed by atoms with Crippen LogP contribution in [-0.2, 0) is 4.79 Å². The van der Waals surface area contributed by atoms with Crippen molar-refractivity contribution in [3.8, 4) is 5.75 Å². The van der Waals surface area contributed by atoms with Crippen LogP contribution >= 0.6 is 23.2 Å². The topological polar surface area (TPSA) is 75.4 Å². The van der Waals surface area contributed by atoms with Gasteiger partial charge in [-0.2, -0.15) is 0 Å². The van der Waals surface area contributed by atoms with E-state index in [1.165, 1.54) is 12.1 Å². The summed E-state index contributed by atoms with van der Waals surface area (Å²) in [5.74, 6) is -0.318. The zero-order chi connectivity index (χ0) is 13.7. The smallest absolute Gasteiger partial charge is 0.224 e. The molecule has 0 fully saturated rings. The molecule has 18 heavy (non-hydrogen) atoms. The van der Waals surface area contributed by atoms with Gasteiger partial charge in [0.2, 0.25) is 5.91 Å². The van der Waals surface area contributed by atoms with Crippen molar-refractivity contribution in [2.45, 2.75) is 32.2 Å². The van der Waals surface area contributed by atoms with Gasteiger partial charge in [0.1, 0.15) is 0 Å². The van der Waals surface area contributed by atoms with Gasteiger partial charge in [-0.3, -0.25) is 4.79 Å². The lowest BCUT2D eigenvalue weighted by Gasteiger charge is -2.08. The lowest BCUT2D eigenvalue weighted by Crippen LogP contribution is -2.16. The van der Waals surface area contributed by atoms with Crippen molar-refractivity contribution in [3.63, 3.8) is 0 Å². The lowest BCUT2D eigenvalue weighted by atomic mass is 10.1. The highest BCUT2D eigenvalue weighted by atomic mass is 35.5. The minimum atomic E-state index is -0.187. The molecule has 0 bridgehead atoms. The number of nitrogens with two attached hydrogens (primary N) is 1. The summed E-state index contributed by atoms with van der Waals surface area (Å²) in [6, 6.07) is 2.99. The predicted molar refractivity (Wildman–Crippen MR) is 74.3 cm³/mol. The molecule has 1 aromatic rings. The molecule has 0 radical (unpaired) electrons. The second-order valence-corrected chi connectivity index (χ2v) is 5.02. The summed E-state index contributed by atoms with van der Waals surface area (Å²) in [5, 5.41) is 12.3. The van der Waals surface area contributed by atoms with Gasteiger partial charge in [0.15, 0.2) is 5.75 Å². The monoisotopic (exact) mass is 290 g/mol. The van der Waals surface area contributed by atoms with E-state index in [-0.39, 0.29) is 27.7 Å². The molecule has 100 valence electrons. The highest BCUT2D eigenvalue weighted by molar-refractivity contribution is 6.37. The highest BCUT2D eigenvalue weighted by Gasteiger charge is 2.09. The maximum Gasteiger partial charge on any atom is 0.224 e. The van der Waals surface area contributed by atoms with Crippen molar-refractivity contribution >= 4 is 34.8 Å². The Balaban J connectivity index is 2.54. The minimum Gasteiger partial charge on any atom is -0.505 e. The second kappa shape index (κ2) is 6.83. The molecule has 0 aliphatic rings. The van der Waals surface area contributed by atoms with E-state index in [1.54, 1.807) is 0 Å². The molecular weight excluding hydrogens is 275 g/mol. The SMILES string of the molecule is CC(N)CCCC(=O)Nc1cc(Cl)c(O)c(Cl)c1. The Hall–Kier alpha value is -0.970. The van der Waals surface area contributed by atoms with Crippen LogP contribution in [0.5, 0.6) is 5.75 Å². The maximum absolute atomic E-state index is 11.6. The Morgan fingerprint density at radius 1 is 1.44 bits per heavy atom. The molecule has 1 rings (SSSR count). The third-order valence-electron chi connectivity index (χ3n) is 2.36. The summed E-state index contributed by atoms with van der Waals surface area (Å²) < 4.78 is 0. The van der Waals surface area contributed by atoms with Crippen LogP contribution in [0.25, 0.3) is 0 Å². The van der Waals surface area contributed by atoms with Crippen LogP contribution in [0, 0.1) is 0 Å². The number of hydrogen-bond acceptors (Lipinski definition) is 3. The molecule has 1 amide bonds. The van der Waals surface area contributed by atoms with Crippen LogP contribution in [0.3, 0.4) is 0 Å². The number of anilines is 1. The number of amides is 1. The summed E-state index contributed by atoms with van der Waals surface area (Å²) in [6.45, 7) is 1.90. The number of carbonyl (C=O) groups is 1. The largest absolute Gasteiger partial charge is 0.505 e. The van der Waals surface area contributed by atoms with Crippen LogP contribution in [-0.4, -0.2) is 17.1 Å². The molecule has 1 aromatic carbocycles. The molecule has 0 saturated carbocycles. The molecule has 1 atom stereocenters. The minimum absolute atomic E-state index is 0.0929. The quantitative estimate of drug-likeness (QED) is 0.729. The van der Waals surface area contributed by atoms with E-state index >= 15 is 0 Å². The molecule has 0 saturated heterocycles. The zero-order valence-corrected chi connectivity index (χ0v) is 11.6. The number of halogens is 2. The third-order valence-corrected chi connectivity index (χ3v) is 2.94. The first-order valence-electron chi connectivity index (χ1n) is 5.63. The normalized spacial score (nSPS) is 12.2. The van der Waals surface area contributed by atoms with Crippen molar-refractivity contribution in [1.82, 2.24) is 0 Å². The average Bonchev–Trinajstić information content (AvgIpc) is 2.25. The van der Waals surface area contributed by atoms with Gasteiger partial charge in [0.25, 0.3) is 0 Å².